The fourth-order valence-electron chi connectivity index (χ4n) is 3.16. The van der Waals surface area contributed by atoms with Gasteiger partial charge >= 0.3 is 0 Å². The van der Waals surface area contributed by atoms with E-state index in [0.717, 1.165) is 38.8 Å². The maximum absolute atomic E-state index is 13.9. The first-order chi connectivity index (χ1) is 10.9. The van der Waals surface area contributed by atoms with E-state index in [9.17, 15) is 12.8 Å². The molecule has 0 unspecified atom stereocenters. The van der Waals surface area contributed by atoms with Gasteiger partial charge in [0.1, 0.15) is 5.82 Å². The highest BCUT2D eigenvalue weighted by Crippen LogP contribution is 2.33. The summed E-state index contributed by atoms with van der Waals surface area (Å²) in [5, 5.41) is 0.281. The highest BCUT2D eigenvalue weighted by molar-refractivity contribution is 7.90. The lowest BCUT2D eigenvalue weighted by Crippen LogP contribution is -2.46. The molecule has 1 heterocycles. The van der Waals surface area contributed by atoms with Crippen LogP contribution in [0.25, 0.3) is 0 Å². The van der Waals surface area contributed by atoms with Crippen LogP contribution < -0.4 is 0 Å². The van der Waals surface area contributed by atoms with Crippen LogP contribution in [-0.4, -0.2) is 49.1 Å². The van der Waals surface area contributed by atoms with Gasteiger partial charge in [-0.3, -0.25) is 4.90 Å². The van der Waals surface area contributed by atoms with Gasteiger partial charge in [0.2, 0.25) is 10.0 Å². The predicted octanol–water partition coefficient (Wildman–Crippen LogP) is 2.87. The standard InChI is InChI=1S/C16H22ClFN2O2S/c1-19(23(21,22)13-5-6-13)12-7-9-20(10-8-12)11-14-15(17)3-2-4-16(14)18/h2-4,12-13H,5-11H2,1H3. The summed E-state index contributed by atoms with van der Waals surface area (Å²) in [4.78, 5) is 2.14. The average molecular weight is 361 g/mol. The second-order valence-corrected chi connectivity index (χ2v) is 9.15. The Balaban J connectivity index is 1.58. The van der Waals surface area contributed by atoms with Crippen LogP contribution in [0.4, 0.5) is 4.39 Å². The molecule has 128 valence electrons. The molecule has 1 aromatic carbocycles. The molecule has 0 bridgehead atoms. The van der Waals surface area contributed by atoms with Crippen molar-refractivity contribution in [2.45, 2.75) is 43.5 Å². The van der Waals surface area contributed by atoms with Gasteiger partial charge in [0.15, 0.2) is 0 Å². The van der Waals surface area contributed by atoms with Crippen molar-refractivity contribution in [2.75, 3.05) is 20.1 Å². The van der Waals surface area contributed by atoms with Crippen LogP contribution in [0.15, 0.2) is 18.2 Å². The maximum atomic E-state index is 13.9. The third kappa shape index (κ3) is 3.71. The summed E-state index contributed by atoms with van der Waals surface area (Å²) in [6.07, 6.45) is 3.12. The Kier molecular flexibility index (Phi) is 4.97. The Morgan fingerprint density at radius 3 is 2.48 bits per heavy atom. The van der Waals surface area contributed by atoms with Crippen LogP contribution in [0.5, 0.6) is 0 Å². The van der Waals surface area contributed by atoms with Crippen molar-refractivity contribution in [2.24, 2.45) is 0 Å². The van der Waals surface area contributed by atoms with Crippen molar-refractivity contribution in [3.8, 4) is 0 Å². The van der Waals surface area contributed by atoms with Crippen molar-refractivity contribution in [1.29, 1.82) is 0 Å². The van der Waals surface area contributed by atoms with Gasteiger partial charge in [-0.25, -0.2) is 17.1 Å². The summed E-state index contributed by atoms with van der Waals surface area (Å²) in [6, 6.07) is 4.77. The normalized spacial score (nSPS) is 21.0. The molecule has 0 N–H and O–H groups in total. The lowest BCUT2D eigenvalue weighted by molar-refractivity contribution is 0.162. The number of hydrogen-bond acceptors (Lipinski definition) is 3. The van der Waals surface area contributed by atoms with E-state index >= 15 is 0 Å². The van der Waals surface area contributed by atoms with Crippen molar-refractivity contribution < 1.29 is 12.8 Å². The van der Waals surface area contributed by atoms with E-state index in [1.807, 2.05) is 0 Å². The summed E-state index contributed by atoms with van der Waals surface area (Å²) >= 11 is 6.08. The van der Waals surface area contributed by atoms with Crippen molar-refractivity contribution >= 4 is 21.6 Å². The van der Waals surface area contributed by atoms with E-state index in [1.54, 1.807) is 23.5 Å². The molecule has 0 spiro atoms. The Hall–Kier alpha value is -0.690. The molecule has 3 rings (SSSR count). The summed E-state index contributed by atoms with van der Waals surface area (Å²) in [5.74, 6) is -0.284. The quantitative estimate of drug-likeness (QED) is 0.810. The summed E-state index contributed by atoms with van der Waals surface area (Å²) < 4.78 is 40.0. The largest absolute Gasteiger partial charge is 0.299 e. The molecule has 0 radical (unpaired) electrons. The van der Waals surface area contributed by atoms with E-state index < -0.39 is 10.0 Å². The summed E-state index contributed by atoms with van der Waals surface area (Å²) in [7, 11) is -1.43. The molecular formula is C16H22ClFN2O2S. The van der Waals surface area contributed by atoms with Gasteiger partial charge in [-0.05, 0) is 37.8 Å². The molecule has 4 nitrogen and oxygen atoms in total. The smallest absolute Gasteiger partial charge is 0.216 e. The van der Waals surface area contributed by atoms with Crippen molar-refractivity contribution in [3.05, 3.63) is 34.6 Å². The first-order valence-corrected chi connectivity index (χ1v) is 9.90. The number of halogens is 2. The first kappa shape index (κ1) is 17.1. The molecule has 0 atom stereocenters. The lowest BCUT2D eigenvalue weighted by atomic mass is 10.0. The van der Waals surface area contributed by atoms with E-state index in [1.165, 1.54) is 6.07 Å². The molecule has 23 heavy (non-hydrogen) atoms. The SMILES string of the molecule is CN(C1CCN(Cc2c(F)cccc2Cl)CC1)S(=O)(=O)C1CC1. The van der Waals surface area contributed by atoms with Crippen LogP contribution in [0.3, 0.4) is 0 Å². The Morgan fingerprint density at radius 1 is 1.26 bits per heavy atom. The van der Waals surface area contributed by atoms with Crippen LogP contribution in [0.2, 0.25) is 5.02 Å². The second-order valence-electron chi connectivity index (χ2n) is 6.47. The Labute approximate surface area is 142 Å². The Bertz CT molecular complexity index is 650. The predicted molar refractivity (Wildman–Crippen MR) is 89.4 cm³/mol. The van der Waals surface area contributed by atoms with Gasteiger partial charge in [-0.15, -0.1) is 0 Å². The lowest BCUT2D eigenvalue weighted by Gasteiger charge is -2.36. The van der Waals surface area contributed by atoms with Crippen LogP contribution in [0.1, 0.15) is 31.2 Å². The fraction of sp³-hybridized carbons (Fsp3) is 0.625. The molecule has 0 amide bonds. The van der Waals surface area contributed by atoms with E-state index in [4.69, 9.17) is 11.6 Å². The highest BCUT2D eigenvalue weighted by Gasteiger charge is 2.41. The average Bonchev–Trinajstić information content (AvgIpc) is 3.36. The van der Waals surface area contributed by atoms with Crippen molar-refractivity contribution in [3.63, 3.8) is 0 Å². The summed E-state index contributed by atoms with van der Waals surface area (Å²) in [6.45, 7) is 1.97. The number of hydrogen-bond donors (Lipinski definition) is 0. The van der Waals surface area contributed by atoms with Crippen LogP contribution in [-0.2, 0) is 16.6 Å². The molecule has 0 aromatic heterocycles. The number of piperidine rings is 1. The number of likely N-dealkylation sites (tertiary alicyclic amines) is 1. The van der Waals surface area contributed by atoms with Gasteiger partial charge in [0.25, 0.3) is 0 Å². The van der Waals surface area contributed by atoms with E-state index in [-0.39, 0.29) is 17.1 Å². The highest BCUT2D eigenvalue weighted by atomic mass is 35.5. The monoisotopic (exact) mass is 360 g/mol. The minimum Gasteiger partial charge on any atom is -0.299 e. The summed E-state index contributed by atoms with van der Waals surface area (Å²) in [5.41, 5.74) is 0.520. The van der Waals surface area contributed by atoms with Gasteiger partial charge in [-0.1, -0.05) is 17.7 Å². The molecule has 2 fully saturated rings. The topological polar surface area (TPSA) is 40.6 Å². The van der Waals surface area contributed by atoms with Gasteiger partial charge in [0.05, 0.1) is 5.25 Å². The van der Waals surface area contributed by atoms with E-state index in [2.05, 4.69) is 4.90 Å². The minimum absolute atomic E-state index is 0.0490. The molecule has 1 saturated heterocycles. The van der Waals surface area contributed by atoms with Gasteiger partial charge in [-0.2, -0.15) is 0 Å². The number of nitrogens with zero attached hydrogens (tertiary/aromatic N) is 2. The van der Waals surface area contributed by atoms with Crippen molar-refractivity contribution in [1.82, 2.24) is 9.21 Å². The zero-order valence-electron chi connectivity index (χ0n) is 13.2. The molecule has 1 saturated carbocycles. The maximum Gasteiger partial charge on any atom is 0.216 e. The molecule has 1 aliphatic carbocycles. The van der Waals surface area contributed by atoms with Crippen LogP contribution >= 0.6 is 11.6 Å². The zero-order chi connectivity index (χ0) is 16.6. The minimum atomic E-state index is -3.12. The number of rotatable bonds is 5. The first-order valence-electron chi connectivity index (χ1n) is 8.01. The molecular weight excluding hydrogens is 339 g/mol. The second kappa shape index (κ2) is 6.67. The number of benzene rings is 1. The van der Waals surface area contributed by atoms with E-state index in [0.29, 0.717) is 17.1 Å². The molecule has 7 heteroatoms. The molecule has 2 aliphatic rings. The molecule has 1 aliphatic heterocycles. The zero-order valence-corrected chi connectivity index (χ0v) is 14.8. The third-order valence-electron chi connectivity index (χ3n) is 4.86. The number of sulfonamides is 1. The van der Waals surface area contributed by atoms with Gasteiger partial charge < -0.3 is 0 Å². The third-order valence-corrected chi connectivity index (χ3v) is 7.63. The fourth-order valence-corrected chi connectivity index (χ4v) is 5.21. The van der Waals surface area contributed by atoms with Crippen LogP contribution in [0, 0.1) is 5.82 Å². The Morgan fingerprint density at radius 2 is 1.91 bits per heavy atom. The molecule has 1 aromatic rings. The van der Waals surface area contributed by atoms with Gasteiger partial charge in [0, 0.05) is 43.3 Å².